The summed E-state index contributed by atoms with van der Waals surface area (Å²) in [6.45, 7) is 2.02. The Hall–Kier alpha value is -0.990. The van der Waals surface area contributed by atoms with Crippen molar-refractivity contribution in [2.75, 3.05) is 7.11 Å². The highest BCUT2D eigenvalue weighted by Gasteiger charge is 2.14. The highest BCUT2D eigenvalue weighted by Crippen LogP contribution is 2.35. The van der Waals surface area contributed by atoms with Gasteiger partial charge in [0, 0.05) is 4.47 Å². The fourth-order valence-corrected chi connectivity index (χ4v) is 2.89. The van der Waals surface area contributed by atoms with Crippen LogP contribution < -0.4 is 4.74 Å². The van der Waals surface area contributed by atoms with Gasteiger partial charge in [-0.15, -0.1) is 11.6 Å². The molecule has 0 aliphatic heterocycles. The summed E-state index contributed by atoms with van der Waals surface area (Å²) in [6.07, 6.45) is 0. The molecule has 1 nitrogen and oxygen atoms in total. The third-order valence-corrected chi connectivity index (χ3v) is 4.10. The molecule has 2 aromatic rings. The Bertz CT molecular complexity index is 554. The topological polar surface area (TPSA) is 9.23 Å². The van der Waals surface area contributed by atoms with Crippen LogP contribution in [0.4, 0.5) is 0 Å². The molecule has 0 aliphatic rings. The maximum Gasteiger partial charge on any atom is 0.121 e. The summed E-state index contributed by atoms with van der Waals surface area (Å²) in [5.74, 6) is 0.884. The first-order valence-electron chi connectivity index (χ1n) is 5.66. The number of ether oxygens (including phenoxy) is 1. The maximum atomic E-state index is 6.53. The lowest BCUT2D eigenvalue weighted by Crippen LogP contribution is -1.96. The molecule has 0 saturated heterocycles. The predicted molar refractivity (Wildman–Crippen MR) is 79.6 cm³/mol. The Balaban J connectivity index is 2.37. The van der Waals surface area contributed by atoms with Crippen LogP contribution in [0.3, 0.4) is 0 Å². The van der Waals surface area contributed by atoms with Crippen LogP contribution in [0.1, 0.15) is 22.1 Å². The van der Waals surface area contributed by atoms with Crippen molar-refractivity contribution >= 4 is 27.5 Å². The van der Waals surface area contributed by atoms with Crippen molar-refractivity contribution in [2.24, 2.45) is 0 Å². The molecule has 0 aliphatic carbocycles. The van der Waals surface area contributed by atoms with Gasteiger partial charge in [-0.3, -0.25) is 0 Å². The molecule has 3 heteroatoms. The minimum atomic E-state index is -0.162. The van der Waals surface area contributed by atoms with Gasteiger partial charge in [0.05, 0.1) is 12.5 Å². The molecule has 0 amide bonds. The summed E-state index contributed by atoms with van der Waals surface area (Å²) >= 11 is 10.1. The van der Waals surface area contributed by atoms with Crippen LogP contribution in [-0.2, 0) is 0 Å². The quantitative estimate of drug-likeness (QED) is 0.714. The second-order valence-electron chi connectivity index (χ2n) is 4.11. The number of hydrogen-bond acceptors (Lipinski definition) is 1. The number of benzene rings is 2. The smallest absolute Gasteiger partial charge is 0.121 e. The number of hydrogen-bond donors (Lipinski definition) is 0. The second kappa shape index (κ2) is 5.77. The molecule has 1 atom stereocenters. The molecular formula is C15H14BrClO. The van der Waals surface area contributed by atoms with Crippen LogP contribution in [0.25, 0.3) is 0 Å². The third kappa shape index (κ3) is 2.70. The van der Waals surface area contributed by atoms with Gasteiger partial charge in [-0.05, 0) is 35.7 Å². The van der Waals surface area contributed by atoms with E-state index in [1.54, 1.807) is 7.11 Å². The van der Waals surface area contributed by atoms with Crippen molar-refractivity contribution in [1.82, 2.24) is 0 Å². The van der Waals surface area contributed by atoms with Crippen LogP contribution in [-0.4, -0.2) is 7.11 Å². The maximum absolute atomic E-state index is 6.53. The van der Waals surface area contributed by atoms with Crippen LogP contribution in [0.5, 0.6) is 5.75 Å². The van der Waals surface area contributed by atoms with E-state index in [0.29, 0.717) is 0 Å². The fourth-order valence-electron chi connectivity index (χ4n) is 1.92. The molecule has 0 spiro atoms. The molecule has 2 aromatic carbocycles. The lowest BCUT2D eigenvalue weighted by Gasteiger charge is -2.14. The molecule has 0 heterocycles. The molecule has 0 aromatic heterocycles. The van der Waals surface area contributed by atoms with E-state index >= 15 is 0 Å². The number of rotatable bonds is 3. The van der Waals surface area contributed by atoms with Gasteiger partial charge >= 0.3 is 0 Å². The molecule has 2 rings (SSSR count). The summed E-state index contributed by atoms with van der Waals surface area (Å²) in [4.78, 5) is 0. The van der Waals surface area contributed by atoms with E-state index in [9.17, 15) is 0 Å². The Morgan fingerprint density at radius 3 is 2.50 bits per heavy atom. The van der Waals surface area contributed by atoms with Crippen molar-refractivity contribution in [2.45, 2.75) is 12.3 Å². The number of methoxy groups -OCH3 is 1. The summed E-state index contributed by atoms with van der Waals surface area (Å²) in [7, 11) is 1.67. The minimum Gasteiger partial charge on any atom is -0.496 e. The fraction of sp³-hybridized carbons (Fsp3) is 0.200. The zero-order chi connectivity index (χ0) is 13.1. The van der Waals surface area contributed by atoms with Crippen LogP contribution in [0, 0.1) is 6.92 Å². The molecule has 1 unspecified atom stereocenters. The van der Waals surface area contributed by atoms with Crippen molar-refractivity contribution < 1.29 is 4.74 Å². The van der Waals surface area contributed by atoms with Gasteiger partial charge in [0.15, 0.2) is 0 Å². The second-order valence-corrected chi connectivity index (χ2v) is 5.40. The van der Waals surface area contributed by atoms with E-state index in [4.69, 9.17) is 16.3 Å². The summed E-state index contributed by atoms with van der Waals surface area (Å²) < 4.78 is 6.28. The Labute approximate surface area is 121 Å². The van der Waals surface area contributed by atoms with E-state index in [0.717, 1.165) is 26.9 Å². The Kier molecular flexibility index (Phi) is 4.31. The van der Waals surface area contributed by atoms with Crippen molar-refractivity contribution in [1.29, 1.82) is 0 Å². The normalized spacial score (nSPS) is 12.2. The van der Waals surface area contributed by atoms with Crippen molar-refractivity contribution in [3.8, 4) is 5.75 Å². The third-order valence-electron chi connectivity index (χ3n) is 2.89. The molecule has 0 saturated carbocycles. The molecule has 94 valence electrons. The van der Waals surface area contributed by atoms with Gasteiger partial charge in [0.1, 0.15) is 5.75 Å². The van der Waals surface area contributed by atoms with Gasteiger partial charge in [-0.25, -0.2) is 0 Å². The average molecular weight is 326 g/mol. The van der Waals surface area contributed by atoms with E-state index in [1.165, 1.54) is 0 Å². The van der Waals surface area contributed by atoms with Crippen molar-refractivity contribution in [3.05, 3.63) is 63.6 Å². The first kappa shape index (κ1) is 13.4. The highest BCUT2D eigenvalue weighted by atomic mass is 79.9. The number of alkyl halides is 1. The number of halogens is 2. The molecule has 18 heavy (non-hydrogen) atoms. The van der Waals surface area contributed by atoms with E-state index in [-0.39, 0.29) is 5.38 Å². The van der Waals surface area contributed by atoms with Crippen molar-refractivity contribution in [3.63, 3.8) is 0 Å². The average Bonchev–Trinajstić information content (AvgIpc) is 2.38. The SMILES string of the molecule is COc1ccc(C(Cl)c2ccccc2Br)cc1C. The van der Waals surface area contributed by atoms with Gasteiger partial charge in [0.2, 0.25) is 0 Å². The van der Waals surface area contributed by atoms with E-state index in [2.05, 4.69) is 22.0 Å². The van der Waals surface area contributed by atoms with Gasteiger partial charge in [-0.1, -0.05) is 46.3 Å². The molecule has 0 bridgehead atoms. The van der Waals surface area contributed by atoms with Crippen LogP contribution in [0.15, 0.2) is 46.9 Å². The first-order valence-corrected chi connectivity index (χ1v) is 6.89. The lowest BCUT2D eigenvalue weighted by molar-refractivity contribution is 0.411. The largest absolute Gasteiger partial charge is 0.496 e. The monoisotopic (exact) mass is 324 g/mol. The van der Waals surface area contributed by atoms with Gasteiger partial charge in [-0.2, -0.15) is 0 Å². The summed E-state index contributed by atoms with van der Waals surface area (Å²) in [5.41, 5.74) is 3.23. The summed E-state index contributed by atoms with van der Waals surface area (Å²) in [6, 6.07) is 14.0. The van der Waals surface area contributed by atoms with Gasteiger partial charge in [0.25, 0.3) is 0 Å². The lowest BCUT2D eigenvalue weighted by atomic mass is 10.0. The molecule has 0 N–H and O–H groups in total. The Morgan fingerprint density at radius 1 is 1.17 bits per heavy atom. The van der Waals surface area contributed by atoms with Gasteiger partial charge < -0.3 is 4.74 Å². The van der Waals surface area contributed by atoms with Crippen LogP contribution >= 0.6 is 27.5 Å². The number of aryl methyl sites for hydroxylation is 1. The predicted octanol–water partition coefficient (Wildman–Crippen LogP) is 5.09. The molecule has 0 fully saturated rings. The zero-order valence-electron chi connectivity index (χ0n) is 10.3. The highest BCUT2D eigenvalue weighted by molar-refractivity contribution is 9.10. The first-order chi connectivity index (χ1) is 8.63. The van der Waals surface area contributed by atoms with Crippen LogP contribution in [0.2, 0.25) is 0 Å². The van der Waals surface area contributed by atoms with E-state index < -0.39 is 0 Å². The standard InChI is InChI=1S/C15H14BrClO/c1-10-9-11(7-8-14(10)18-2)15(17)12-5-3-4-6-13(12)16/h3-9,15H,1-2H3. The minimum absolute atomic E-state index is 0.162. The molecular weight excluding hydrogens is 312 g/mol. The van der Waals surface area contributed by atoms with E-state index in [1.807, 2.05) is 43.3 Å². The molecule has 0 radical (unpaired) electrons. The zero-order valence-corrected chi connectivity index (χ0v) is 12.6. The Morgan fingerprint density at radius 2 is 1.89 bits per heavy atom. The summed E-state index contributed by atoms with van der Waals surface area (Å²) in [5, 5.41) is -0.162.